The van der Waals surface area contributed by atoms with Crippen molar-refractivity contribution in [1.82, 2.24) is 10.2 Å². The first-order valence-corrected chi connectivity index (χ1v) is 8.41. The molecule has 2 aliphatic rings. The summed E-state index contributed by atoms with van der Waals surface area (Å²) in [4.78, 5) is 14.8. The van der Waals surface area contributed by atoms with Gasteiger partial charge < -0.3 is 16.0 Å². The van der Waals surface area contributed by atoms with Gasteiger partial charge in [0, 0.05) is 19.0 Å². The Labute approximate surface area is 123 Å². The highest BCUT2D eigenvalue weighted by Crippen LogP contribution is 2.30. The Morgan fingerprint density at radius 2 is 2.00 bits per heavy atom. The van der Waals surface area contributed by atoms with Gasteiger partial charge in [-0.05, 0) is 57.2 Å². The van der Waals surface area contributed by atoms with E-state index in [-0.39, 0.29) is 11.8 Å². The van der Waals surface area contributed by atoms with Crippen LogP contribution >= 0.6 is 0 Å². The van der Waals surface area contributed by atoms with Crippen molar-refractivity contribution in [2.24, 2.45) is 23.5 Å². The van der Waals surface area contributed by atoms with Crippen LogP contribution < -0.4 is 11.1 Å². The minimum atomic E-state index is 0.169. The Morgan fingerprint density at radius 3 is 2.70 bits per heavy atom. The third-order valence-electron chi connectivity index (χ3n) is 4.94. The summed E-state index contributed by atoms with van der Waals surface area (Å²) >= 11 is 0. The zero-order chi connectivity index (χ0) is 14.4. The first kappa shape index (κ1) is 15.8. The molecule has 0 aromatic rings. The lowest BCUT2D eigenvalue weighted by Crippen LogP contribution is -2.40. The summed E-state index contributed by atoms with van der Waals surface area (Å²) in [5, 5.41) is 3.16. The predicted octanol–water partition coefficient (Wildman–Crippen LogP) is 1.60. The topological polar surface area (TPSA) is 58.4 Å². The highest BCUT2D eigenvalue weighted by molar-refractivity contribution is 5.79. The first-order chi connectivity index (χ1) is 9.70. The molecule has 0 aromatic carbocycles. The van der Waals surface area contributed by atoms with Crippen molar-refractivity contribution in [2.45, 2.75) is 45.4 Å². The van der Waals surface area contributed by atoms with Crippen LogP contribution in [0.1, 0.15) is 45.4 Å². The van der Waals surface area contributed by atoms with Crippen LogP contribution in [0.15, 0.2) is 0 Å². The zero-order valence-electron chi connectivity index (χ0n) is 12.9. The highest BCUT2D eigenvalue weighted by atomic mass is 16.1. The van der Waals surface area contributed by atoms with Crippen LogP contribution in [0.4, 0.5) is 0 Å². The highest BCUT2D eigenvalue weighted by Gasteiger charge is 2.31. The number of nitrogens with one attached hydrogen (secondary N) is 1. The van der Waals surface area contributed by atoms with Gasteiger partial charge in [0.25, 0.3) is 0 Å². The number of amides is 1. The summed E-state index contributed by atoms with van der Waals surface area (Å²) in [7, 11) is 0. The molecule has 0 radical (unpaired) electrons. The average molecular weight is 281 g/mol. The van der Waals surface area contributed by atoms with E-state index in [1.54, 1.807) is 0 Å². The van der Waals surface area contributed by atoms with Gasteiger partial charge in [0.2, 0.25) is 5.91 Å². The minimum Gasteiger partial charge on any atom is -0.356 e. The lowest BCUT2D eigenvalue weighted by Gasteiger charge is -2.29. The molecule has 0 spiro atoms. The molecule has 3 N–H and O–H groups in total. The summed E-state index contributed by atoms with van der Waals surface area (Å²) in [6, 6.07) is 0. The second-order valence-electron chi connectivity index (χ2n) is 6.74. The molecule has 3 atom stereocenters. The number of nitrogens with zero attached hydrogens (tertiary/aromatic N) is 1. The van der Waals surface area contributed by atoms with E-state index in [2.05, 4.69) is 17.1 Å². The second kappa shape index (κ2) is 7.99. The van der Waals surface area contributed by atoms with E-state index < -0.39 is 0 Å². The molecule has 20 heavy (non-hydrogen) atoms. The molecule has 1 saturated heterocycles. The Balaban J connectivity index is 1.67. The van der Waals surface area contributed by atoms with Crippen molar-refractivity contribution in [3.63, 3.8) is 0 Å². The molecular formula is C16H31N3O. The molecule has 4 nitrogen and oxygen atoms in total. The van der Waals surface area contributed by atoms with E-state index in [4.69, 9.17) is 5.73 Å². The molecule has 1 heterocycles. The number of nitrogens with two attached hydrogens (primary N) is 1. The maximum Gasteiger partial charge on any atom is 0.223 e. The van der Waals surface area contributed by atoms with Crippen LogP contribution in [-0.4, -0.2) is 43.5 Å². The van der Waals surface area contributed by atoms with Gasteiger partial charge in [-0.2, -0.15) is 0 Å². The van der Waals surface area contributed by atoms with E-state index in [1.165, 1.54) is 32.4 Å². The predicted molar refractivity (Wildman–Crippen MR) is 82.4 cm³/mol. The van der Waals surface area contributed by atoms with Gasteiger partial charge in [0.1, 0.15) is 0 Å². The summed E-state index contributed by atoms with van der Waals surface area (Å²) in [5.41, 5.74) is 5.75. The fourth-order valence-corrected chi connectivity index (χ4v) is 3.72. The monoisotopic (exact) mass is 281 g/mol. The number of hydrogen-bond donors (Lipinski definition) is 2. The molecule has 2 fully saturated rings. The maximum absolute atomic E-state index is 12.2. The Morgan fingerprint density at radius 1 is 1.25 bits per heavy atom. The standard InChI is InChI=1S/C16H31N3O/c1-13(12-19-8-3-2-4-9-19)11-18-16(20)15-7-5-6-14(15)10-17/h13-15H,2-12,17H2,1H3,(H,18,20). The Kier molecular flexibility index (Phi) is 6.30. The number of piperidine rings is 1. The van der Waals surface area contributed by atoms with Gasteiger partial charge in [0.05, 0.1) is 0 Å². The molecule has 1 saturated carbocycles. The van der Waals surface area contributed by atoms with Crippen LogP contribution in [0.5, 0.6) is 0 Å². The largest absolute Gasteiger partial charge is 0.356 e. The van der Waals surface area contributed by atoms with Crippen molar-refractivity contribution in [2.75, 3.05) is 32.7 Å². The SMILES string of the molecule is CC(CNC(=O)C1CCCC1CN)CN1CCCCC1. The van der Waals surface area contributed by atoms with E-state index in [0.29, 0.717) is 18.4 Å². The third kappa shape index (κ3) is 4.45. The lowest BCUT2D eigenvalue weighted by atomic mass is 9.95. The van der Waals surface area contributed by atoms with E-state index in [1.807, 2.05) is 0 Å². The smallest absolute Gasteiger partial charge is 0.223 e. The molecule has 1 amide bonds. The number of carbonyl (C=O) groups is 1. The van der Waals surface area contributed by atoms with E-state index in [9.17, 15) is 4.79 Å². The summed E-state index contributed by atoms with van der Waals surface area (Å²) in [6.45, 7) is 7.28. The van der Waals surface area contributed by atoms with Gasteiger partial charge in [-0.3, -0.25) is 4.79 Å². The van der Waals surface area contributed by atoms with Gasteiger partial charge in [-0.1, -0.05) is 19.8 Å². The number of likely N-dealkylation sites (tertiary alicyclic amines) is 1. The Bertz CT molecular complexity index is 302. The van der Waals surface area contributed by atoms with Crippen molar-refractivity contribution >= 4 is 5.91 Å². The first-order valence-electron chi connectivity index (χ1n) is 8.41. The zero-order valence-corrected chi connectivity index (χ0v) is 12.9. The molecule has 4 heteroatoms. The van der Waals surface area contributed by atoms with Crippen molar-refractivity contribution in [3.8, 4) is 0 Å². The molecule has 1 aliphatic carbocycles. The quantitative estimate of drug-likeness (QED) is 0.777. The summed E-state index contributed by atoms with van der Waals surface area (Å²) < 4.78 is 0. The molecular weight excluding hydrogens is 250 g/mol. The van der Waals surface area contributed by atoms with Crippen LogP contribution in [0, 0.1) is 17.8 Å². The summed E-state index contributed by atoms with van der Waals surface area (Å²) in [6.07, 6.45) is 7.35. The van der Waals surface area contributed by atoms with Crippen LogP contribution in [0.25, 0.3) is 0 Å². The fourth-order valence-electron chi connectivity index (χ4n) is 3.72. The van der Waals surface area contributed by atoms with Crippen LogP contribution in [0.2, 0.25) is 0 Å². The van der Waals surface area contributed by atoms with Gasteiger partial charge in [-0.25, -0.2) is 0 Å². The average Bonchev–Trinajstić information content (AvgIpc) is 2.94. The molecule has 0 bridgehead atoms. The van der Waals surface area contributed by atoms with Crippen LogP contribution in [0.3, 0.4) is 0 Å². The fraction of sp³-hybridized carbons (Fsp3) is 0.938. The summed E-state index contributed by atoms with van der Waals surface area (Å²) in [5.74, 6) is 1.35. The number of hydrogen-bond acceptors (Lipinski definition) is 3. The van der Waals surface area contributed by atoms with Crippen molar-refractivity contribution in [3.05, 3.63) is 0 Å². The van der Waals surface area contributed by atoms with Crippen LogP contribution in [-0.2, 0) is 4.79 Å². The van der Waals surface area contributed by atoms with Gasteiger partial charge in [-0.15, -0.1) is 0 Å². The molecule has 3 unspecified atom stereocenters. The van der Waals surface area contributed by atoms with Gasteiger partial charge >= 0.3 is 0 Å². The van der Waals surface area contributed by atoms with Crippen molar-refractivity contribution < 1.29 is 4.79 Å². The number of rotatable bonds is 6. The van der Waals surface area contributed by atoms with E-state index in [0.717, 1.165) is 32.4 Å². The second-order valence-corrected chi connectivity index (χ2v) is 6.74. The molecule has 116 valence electrons. The molecule has 0 aromatic heterocycles. The molecule has 2 rings (SSSR count). The molecule has 1 aliphatic heterocycles. The third-order valence-corrected chi connectivity index (χ3v) is 4.94. The van der Waals surface area contributed by atoms with Gasteiger partial charge in [0.15, 0.2) is 0 Å². The number of carbonyl (C=O) groups excluding carboxylic acids is 1. The Hall–Kier alpha value is -0.610. The van der Waals surface area contributed by atoms with E-state index >= 15 is 0 Å². The van der Waals surface area contributed by atoms with Crippen molar-refractivity contribution in [1.29, 1.82) is 0 Å². The minimum absolute atomic E-state index is 0.169. The normalized spacial score (nSPS) is 29.3. The maximum atomic E-state index is 12.2. The lowest BCUT2D eigenvalue weighted by molar-refractivity contribution is -0.126.